The fraction of sp³-hybridized carbons (Fsp3) is 0.188. The maximum atomic E-state index is 12.3. The Labute approximate surface area is 158 Å². The van der Waals surface area contributed by atoms with Gasteiger partial charge in [0.15, 0.2) is 0 Å². The standard InChI is InChI=1S/C16H14BrCl3N2O/c17-13-8-6-12(7-9-13)14(23)22-15(16(18,19)20)21-10-11-4-2-1-3-5-11/h1-9,15,21H,10H2,(H,22,23)/p+1/t15-/m1/s1. The average Bonchev–Trinajstić information content (AvgIpc) is 2.51. The van der Waals surface area contributed by atoms with Gasteiger partial charge < -0.3 is 5.32 Å². The fourth-order valence-corrected chi connectivity index (χ4v) is 2.66. The predicted octanol–water partition coefficient (Wildman–Crippen LogP) is 3.64. The molecule has 2 aromatic carbocycles. The number of hydrogen-bond donors (Lipinski definition) is 2. The van der Waals surface area contributed by atoms with Gasteiger partial charge in [-0.15, -0.1) is 0 Å². The number of halogens is 4. The molecule has 1 atom stereocenters. The van der Waals surface area contributed by atoms with Crippen molar-refractivity contribution in [3.63, 3.8) is 0 Å². The van der Waals surface area contributed by atoms with Crippen LogP contribution < -0.4 is 10.6 Å². The zero-order valence-corrected chi connectivity index (χ0v) is 15.8. The van der Waals surface area contributed by atoms with Gasteiger partial charge in [0.1, 0.15) is 6.54 Å². The summed E-state index contributed by atoms with van der Waals surface area (Å²) in [5.74, 6) is -0.293. The summed E-state index contributed by atoms with van der Waals surface area (Å²) in [7, 11) is 0. The summed E-state index contributed by atoms with van der Waals surface area (Å²) < 4.78 is -0.734. The van der Waals surface area contributed by atoms with E-state index in [-0.39, 0.29) is 5.91 Å². The van der Waals surface area contributed by atoms with Gasteiger partial charge in [-0.1, -0.05) is 81.1 Å². The van der Waals surface area contributed by atoms with E-state index < -0.39 is 9.96 Å². The van der Waals surface area contributed by atoms with Crippen LogP contribution >= 0.6 is 50.7 Å². The van der Waals surface area contributed by atoms with Gasteiger partial charge in [0.2, 0.25) is 6.17 Å². The number of carbonyl (C=O) groups excluding carboxylic acids is 1. The van der Waals surface area contributed by atoms with Crippen molar-refractivity contribution in [2.75, 3.05) is 0 Å². The van der Waals surface area contributed by atoms with Gasteiger partial charge in [0.05, 0.1) is 0 Å². The van der Waals surface area contributed by atoms with E-state index in [1.54, 1.807) is 29.6 Å². The number of nitrogens with one attached hydrogen (secondary N) is 1. The molecule has 0 aliphatic heterocycles. The number of carbonyl (C=O) groups is 1. The maximum Gasteiger partial charge on any atom is 0.262 e. The van der Waals surface area contributed by atoms with E-state index in [0.717, 1.165) is 10.0 Å². The van der Waals surface area contributed by atoms with Crippen LogP contribution in [0.15, 0.2) is 59.1 Å². The van der Waals surface area contributed by atoms with Crippen molar-refractivity contribution in [2.45, 2.75) is 16.5 Å². The highest BCUT2D eigenvalue weighted by Crippen LogP contribution is 2.27. The number of quaternary nitrogens is 1. The molecular weight excluding hydrogens is 422 g/mol. The Morgan fingerprint density at radius 2 is 1.70 bits per heavy atom. The van der Waals surface area contributed by atoms with Crippen LogP contribution in [-0.2, 0) is 6.54 Å². The lowest BCUT2D eigenvalue weighted by atomic mass is 10.2. The summed E-state index contributed by atoms with van der Waals surface area (Å²) in [5.41, 5.74) is 1.57. The molecule has 0 bridgehead atoms. The highest BCUT2D eigenvalue weighted by atomic mass is 79.9. The molecule has 0 heterocycles. The molecule has 122 valence electrons. The van der Waals surface area contributed by atoms with E-state index in [1.807, 2.05) is 30.3 Å². The highest BCUT2D eigenvalue weighted by molar-refractivity contribution is 9.10. The molecule has 7 heteroatoms. The summed E-state index contributed by atoms with van der Waals surface area (Å²) in [6.07, 6.45) is -0.705. The molecule has 0 unspecified atom stereocenters. The Morgan fingerprint density at radius 3 is 2.26 bits per heavy atom. The van der Waals surface area contributed by atoms with Gasteiger partial charge in [0, 0.05) is 15.6 Å². The molecule has 3 N–H and O–H groups in total. The van der Waals surface area contributed by atoms with E-state index in [0.29, 0.717) is 12.1 Å². The molecule has 0 saturated heterocycles. The van der Waals surface area contributed by atoms with Crippen LogP contribution in [0.4, 0.5) is 0 Å². The first-order valence-corrected chi connectivity index (χ1v) is 8.79. The zero-order chi connectivity index (χ0) is 16.9. The summed E-state index contributed by atoms with van der Waals surface area (Å²) in [4.78, 5) is 12.3. The first kappa shape index (κ1) is 18.6. The lowest BCUT2D eigenvalue weighted by Crippen LogP contribution is -2.95. The topological polar surface area (TPSA) is 45.7 Å². The van der Waals surface area contributed by atoms with Gasteiger partial charge in [0.25, 0.3) is 9.70 Å². The molecule has 1 amide bonds. The number of nitrogens with two attached hydrogens (primary N) is 1. The molecule has 2 rings (SSSR count). The van der Waals surface area contributed by atoms with Crippen molar-refractivity contribution in [1.29, 1.82) is 0 Å². The first-order chi connectivity index (χ1) is 10.9. The van der Waals surface area contributed by atoms with E-state index in [9.17, 15) is 4.79 Å². The van der Waals surface area contributed by atoms with E-state index in [1.165, 1.54) is 0 Å². The Hall–Kier alpha value is -0.780. The van der Waals surface area contributed by atoms with Crippen LogP contribution in [0, 0.1) is 0 Å². The fourth-order valence-electron chi connectivity index (χ4n) is 1.97. The number of amides is 1. The SMILES string of the molecule is O=C(N[C@@H]([NH2+]Cc1ccccc1)C(Cl)(Cl)Cl)c1ccc(Br)cc1. The average molecular weight is 438 g/mol. The van der Waals surface area contributed by atoms with Crippen LogP contribution in [0.2, 0.25) is 0 Å². The quantitative estimate of drug-likeness (QED) is 0.545. The highest BCUT2D eigenvalue weighted by Gasteiger charge is 2.37. The molecule has 2 aromatic rings. The lowest BCUT2D eigenvalue weighted by molar-refractivity contribution is -0.706. The lowest BCUT2D eigenvalue weighted by Gasteiger charge is -2.23. The third-order valence-electron chi connectivity index (χ3n) is 3.18. The maximum absolute atomic E-state index is 12.3. The predicted molar refractivity (Wildman–Crippen MR) is 97.8 cm³/mol. The van der Waals surface area contributed by atoms with Crippen molar-refractivity contribution in [2.24, 2.45) is 0 Å². The van der Waals surface area contributed by atoms with Gasteiger partial charge in [-0.2, -0.15) is 0 Å². The Kier molecular flexibility index (Phi) is 6.74. The minimum Gasteiger partial charge on any atom is -0.319 e. The van der Waals surface area contributed by atoms with Gasteiger partial charge >= 0.3 is 0 Å². The second kappa shape index (κ2) is 8.36. The second-order valence-corrected chi connectivity index (χ2v) is 8.21. The monoisotopic (exact) mass is 435 g/mol. The molecule has 0 spiro atoms. The Morgan fingerprint density at radius 1 is 1.09 bits per heavy atom. The van der Waals surface area contributed by atoms with Crippen molar-refractivity contribution in [3.8, 4) is 0 Å². The van der Waals surface area contributed by atoms with Gasteiger partial charge in [-0.05, 0) is 24.3 Å². The first-order valence-electron chi connectivity index (χ1n) is 6.86. The molecule has 3 nitrogen and oxygen atoms in total. The van der Waals surface area contributed by atoms with Crippen LogP contribution in [0.5, 0.6) is 0 Å². The molecule has 0 fully saturated rings. The molecule has 0 saturated carbocycles. The molecule has 0 aromatic heterocycles. The summed E-state index contributed by atoms with van der Waals surface area (Å²) in [6, 6.07) is 16.7. The molecule has 23 heavy (non-hydrogen) atoms. The normalized spacial score (nSPS) is 12.7. The van der Waals surface area contributed by atoms with E-state index in [4.69, 9.17) is 34.8 Å². The van der Waals surface area contributed by atoms with Crippen molar-refractivity contribution >= 4 is 56.6 Å². The van der Waals surface area contributed by atoms with Gasteiger partial charge in [-0.3, -0.25) is 10.1 Å². The van der Waals surface area contributed by atoms with E-state index >= 15 is 0 Å². The summed E-state index contributed by atoms with van der Waals surface area (Å²) >= 11 is 21.3. The summed E-state index contributed by atoms with van der Waals surface area (Å²) in [6.45, 7) is 0.583. The van der Waals surface area contributed by atoms with Crippen molar-refractivity contribution < 1.29 is 10.1 Å². The third-order valence-corrected chi connectivity index (χ3v) is 4.41. The molecule has 0 aliphatic rings. The third kappa shape index (κ3) is 5.98. The van der Waals surface area contributed by atoms with Crippen molar-refractivity contribution in [3.05, 3.63) is 70.2 Å². The van der Waals surface area contributed by atoms with Crippen LogP contribution in [0.3, 0.4) is 0 Å². The molecule has 0 aliphatic carbocycles. The Balaban J connectivity index is 2.04. The van der Waals surface area contributed by atoms with Crippen LogP contribution in [0.1, 0.15) is 15.9 Å². The molecule has 0 radical (unpaired) electrons. The minimum absolute atomic E-state index is 0.293. The number of hydrogen-bond acceptors (Lipinski definition) is 1. The number of benzene rings is 2. The zero-order valence-electron chi connectivity index (χ0n) is 12.0. The van der Waals surface area contributed by atoms with Crippen LogP contribution in [-0.4, -0.2) is 15.9 Å². The summed E-state index contributed by atoms with van der Waals surface area (Å²) in [5, 5.41) is 4.55. The second-order valence-electron chi connectivity index (χ2n) is 4.93. The van der Waals surface area contributed by atoms with Crippen LogP contribution in [0.25, 0.3) is 0 Å². The van der Waals surface area contributed by atoms with E-state index in [2.05, 4.69) is 21.2 Å². The minimum atomic E-state index is -1.63. The smallest absolute Gasteiger partial charge is 0.262 e. The largest absolute Gasteiger partial charge is 0.319 e. The number of alkyl halides is 3. The van der Waals surface area contributed by atoms with Crippen molar-refractivity contribution in [1.82, 2.24) is 5.32 Å². The Bertz CT molecular complexity index is 645. The molecular formula is C16H15BrCl3N2O+. The van der Waals surface area contributed by atoms with Gasteiger partial charge in [-0.25, -0.2) is 0 Å². The number of rotatable bonds is 5.